The van der Waals surface area contributed by atoms with Crippen LogP contribution in [-0.2, 0) is 16.6 Å². The summed E-state index contributed by atoms with van der Waals surface area (Å²) in [5, 5.41) is 2.85. The highest BCUT2D eigenvalue weighted by molar-refractivity contribution is 7.92. The third kappa shape index (κ3) is 6.12. The molecule has 1 N–H and O–H groups in total. The number of nitrogens with one attached hydrogen (secondary N) is 1. The van der Waals surface area contributed by atoms with Crippen LogP contribution in [0.25, 0.3) is 0 Å². The van der Waals surface area contributed by atoms with Crippen LogP contribution in [0.4, 0.5) is 5.69 Å². The second-order valence-electron chi connectivity index (χ2n) is 6.81. The van der Waals surface area contributed by atoms with Gasteiger partial charge < -0.3 is 14.8 Å². The van der Waals surface area contributed by atoms with E-state index in [0.717, 1.165) is 11.8 Å². The van der Waals surface area contributed by atoms with Crippen molar-refractivity contribution >= 4 is 21.6 Å². The van der Waals surface area contributed by atoms with Crippen LogP contribution in [-0.4, -0.2) is 40.3 Å². The van der Waals surface area contributed by atoms with E-state index < -0.39 is 10.0 Å². The fourth-order valence-electron chi connectivity index (χ4n) is 2.85. The van der Waals surface area contributed by atoms with E-state index in [-0.39, 0.29) is 12.0 Å². The molecule has 0 aliphatic rings. The molecule has 7 nitrogen and oxygen atoms in total. The summed E-state index contributed by atoms with van der Waals surface area (Å²) in [6, 6.07) is 12.0. The Morgan fingerprint density at radius 3 is 2.28 bits per heavy atom. The first-order valence-electron chi connectivity index (χ1n) is 9.35. The van der Waals surface area contributed by atoms with Crippen LogP contribution >= 0.6 is 0 Å². The van der Waals surface area contributed by atoms with Gasteiger partial charge in [-0.15, -0.1) is 0 Å². The van der Waals surface area contributed by atoms with Gasteiger partial charge in [0.15, 0.2) is 11.5 Å². The normalized spacial score (nSPS) is 11.2. The molecule has 0 spiro atoms. The molecular formula is C21H28N2O5S. The second kappa shape index (κ2) is 9.65. The topological polar surface area (TPSA) is 84.9 Å². The molecule has 0 saturated heterocycles. The number of hydrogen-bond acceptors (Lipinski definition) is 5. The smallest absolute Gasteiger partial charge is 0.251 e. The van der Waals surface area contributed by atoms with E-state index in [0.29, 0.717) is 35.8 Å². The highest BCUT2D eigenvalue weighted by atomic mass is 32.2. The molecule has 2 rings (SSSR count). The molecule has 0 unspecified atom stereocenters. The number of nitrogens with zero attached hydrogens (tertiary/aromatic N) is 1. The van der Waals surface area contributed by atoms with E-state index in [1.54, 1.807) is 38.3 Å². The van der Waals surface area contributed by atoms with Crippen LogP contribution in [0.1, 0.15) is 36.7 Å². The van der Waals surface area contributed by atoms with Crippen LogP contribution in [0.15, 0.2) is 42.5 Å². The summed E-state index contributed by atoms with van der Waals surface area (Å²) in [6.07, 6.45) is 1.19. The zero-order valence-corrected chi connectivity index (χ0v) is 18.2. The van der Waals surface area contributed by atoms with Crippen molar-refractivity contribution in [3.8, 4) is 11.5 Å². The zero-order valence-electron chi connectivity index (χ0n) is 17.4. The molecule has 0 bridgehead atoms. The number of anilines is 1. The number of carbonyl (C=O) groups excluding carboxylic acids is 1. The Hall–Kier alpha value is -2.74. The lowest BCUT2D eigenvalue weighted by Crippen LogP contribution is -2.29. The summed E-state index contributed by atoms with van der Waals surface area (Å²) >= 11 is 0. The first-order chi connectivity index (χ1) is 13.7. The minimum atomic E-state index is -3.35. The van der Waals surface area contributed by atoms with Crippen LogP contribution < -0.4 is 19.1 Å². The third-order valence-electron chi connectivity index (χ3n) is 4.15. The predicted octanol–water partition coefficient (Wildman–Crippen LogP) is 3.20. The van der Waals surface area contributed by atoms with Crippen LogP contribution in [0.2, 0.25) is 0 Å². The maximum Gasteiger partial charge on any atom is 0.251 e. The molecule has 0 atom stereocenters. The van der Waals surface area contributed by atoms with Crippen molar-refractivity contribution in [2.75, 3.05) is 24.2 Å². The van der Waals surface area contributed by atoms with Crippen molar-refractivity contribution in [3.05, 3.63) is 53.6 Å². The standard InChI is InChI=1S/C21H28N2O5S/c1-6-23(29(5,25)26)18-10-8-17(9-11-18)21(24)22-14-16-7-12-19(28-15(2)3)20(13-16)27-4/h7-13,15H,6,14H2,1-5H3,(H,22,24). The van der Waals surface area contributed by atoms with Gasteiger partial charge in [-0.25, -0.2) is 8.42 Å². The van der Waals surface area contributed by atoms with Crippen LogP contribution in [0, 0.1) is 0 Å². The number of amides is 1. The first-order valence-corrected chi connectivity index (χ1v) is 11.2. The Kier molecular flexibility index (Phi) is 7.50. The van der Waals surface area contributed by atoms with Crippen molar-refractivity contribution in [2.45, 2.75) is 33.4 Å². The average molecular weight is 421 g/mol. The predicted molar refractivity (Wildman–Crippen MR) is 114 cm³/mol. The first kappa shape index (κ1) is 22.5. The van der Waals surface area contributed by atoms with Crippen molar-refractivity contribution < 1.29 is 22.7 Å². The molecule has 8 heteroatoms. The van der Waals surface area contributed by atoms with E-state index in [2.05, 4.69) is 5.32 Å². The Balaban J connectivity index is 2.06. The quantitative estimate of drug-likeness (QED) is 0.673. The lowest BCUT2D eigenvalue weighted by Gasteiger charge is -2.20. The van der Waals surface area contributed by atoms with Gasteiger partial charge in [0, 0.05) is 18.7 Å². The monoisotopic (exact) mass is 420 g/mol. The molecule has 2 aromatic rings. The van der Waals surface area contributed by atoms with Crippen molar-refractivity contribution in [1.29, 1.82) is 0 Å². The number of carbonyl (C=O) groups is 1. The van der Waals surface area contributed by atoms with Gasteiger partial charge in [0.1, 0.15) is 0 Å². The Morgan fingerprint density at radius 1 is 1.10 bits per heavy atom. The minimum absolute atomic E-state index is 0.0313. The number of ether oxygens (including phenoxy) is 2. The number of rotatable bonds is 9. The maximum atomic E-state index is 12.4. The average Bonchev–Trinajstić information content (AvgIpc) is 2.66. The lowest BCUT2D eigenvalue weighted by molar-refractivity contribution is 0.0951. The SMILES string of the molecule is CCN(c1ccc(C(=O)NCc2ccc(OC(C)C)c(OC)c2)cc1)S(C)(=O)=O. The van der Waals surface area contributed by atoms with Gasteiger partial charge in [-0.05, 0) is 62.7 Å². The molecule has 1 amide bonds. The van der Waals surface area contributed by atoms with Crippen LogP contribution in [0.3, 0.4) is 0 Å². The maximum absolute atomic E-state index is 12.4. The highest BCUT2D eigenvalue weighted by Gasteiger charge is 2.16. The van der Waals surface area contributed by atoms with Crippen molar-refractivity contribution in [3.63, 3.8) is 0 Å². The molecule has 0 aromatic heterocycles. The number of methoxy groups -OCH3 is 1. The van der Waals surface area contributed by atoms with Gasteiger partial charge in [0.25, 0.3) is 5.91 Å². The van der Waals surface area contributed by atoms with E-state index >= 15 is 0 Å². The van der Waals surface area contributed by atoms with Gasteiger partial charge in [-0.3, -0.25) is 9.10 Å². The van der Waals surface area contributed by atoms with E-state index in [4.69, 9.17) is 9.47 Å². The van der Waals surface area contributed by atoms with Gasteiger partial charge in [-0.1, -0.05) is 6.07 Å². The molecule has 0 radical (unpaired) electrons. The highest BCUT2D eigenvalue weighted by Crippen LogP contribution is 2.29. The molecule has 0 saturated carbocycles. The van der Waals surface area contributed by atoms with Crippen molar-refractivity contribution in [2.24, 2.45) is 0 Å². The molecule has 158 valence electrons. The van der Waals surface area contributed by atoms with Crippen molar-refractivity contribution in [1.82, 2.24) is 5.32 Å². The fraction of sp³-hybridized carbons (Fsp3) is 0.381. The van der Waals surface area contributed by atoms with Gasteiger partial charge in [0.2, 0.25) is 10.0 Å². The molecule has 2 aromatic carbocycles. The Labute approximate surface area is 172 Å². The Bertz CT molecular complexity index is 940. The molecule has 0 aliphatic carbocycles. The summed E-state index contributed by atoms with van der Waals surface area (Å²) in [5.41, 5.74) is 1.85. The zero-order chi connectivity index (χ0) is 21.6. The van der Waals surface area contributed by atoms with Crippen LogP contribution in [0.5, 0.6) is 11.5 Å². The summed E-state index contributed by atoms with van der Waals surface area (Å²) in [6.45, 7) is 6.28. The number of hydrogen-bond donors (Lipinski definition) is 1. The largest absolute Gasteiger partial charge is 0.493 e. The number of sulfonamides is 1. The Morgan fingerprint density at radius 2 is 1.76 bits per heavy atom. The molecule has 29 heavy (non-hydrogen) atoms. The molecule has 0 fully saturated rings. The van der Waals surface area contributed by atoms with E-state index in [1.807, 2.05) is 32.0 Å². The molecule has 0 aliphatic heterocycles. The van der Waals surface area contributed by atoms with Gasteiger partial charge in [0.05, 0.1) is 25.2 Å². The summed E-state index contributed by atoms with van der Waals surface area (Å²) in [5.74, 6) is 1.01. The van der Waals surface area contributed by atoms with Gasteiger partial charge in [-0.2, -0.15) is 0 Å². The van der Waals surface area contributed by atoms with Gasteiger partial charge >= 0.3 is 0 Å². The minimum Gasteiger partial charge on any atom is -0.493 e. The molecule has 0 heterocycles. The van der Waals surface area contributed by atoms with E-state index in [9.17, 15) is 13.2 Å². The van der Waals surface area contributed by atoms with E-state index in [1.165, 1.54) is 4.31 Å². The second-order valence-corrected chi connectivity index (χ2v) is 8.72. The number of benzene rings is 2. The summed E-state index contributed by atoms with van der Waals surface area (Å²) < 4.78 is 35.9. The third-order valence-corrected chi connectivity index (χ3v) is 5.42. The lowest BCUT2D eigenvalue weighted by atomic mass is 10.1. The fourth-order valence-corrected chi connectivity index (χ4v) is 3.82. The molecular weight excluding hydrogens is 392 g/mol. The summed E-state index contributed by atoms with van der Waals surface area (Å²) in [7, 11) is -1.78. The summed E-state index contributed by atoms with van der Waals surface area (Å²) in [4.78, 5) is 12.4.